The van der Waals surface area contributed by atoms with Crippen LogP contribution < -0.4 is 10.6 Å². The van der Waals surface area contributed by atoms with Crippen LogP contribution in [0, 0.1) is 0 Å². The number of amides is 1. The Hall–Kier alpha value is -2.12. The van der Waals surface area contributed by atoms with Gasteiger partial charge in [-0.05, 0) is 52.3 Å². The molecule has 1 saturated heterocycles. The second kappa shape index (κ2) is 10.6. The van der Waals surface area contributed by atoms with Crippen molar-refractivity contribution in [3.05, 3.63) is 35.4 Å². The Morgan fingerprint density at radius 2 is 1.83 bits per heavy atom. The fourth-order valence-electron chi connectivity index (χ4n) is 3.16. The number of benzene rings is 1. The predicted octanol–water partition coefficient (Wildman–Crippen LogP) is 2.42. The third kappa shape index (κ3) is 7.33. The van der Waals surface area contributed by atoms with Crippen molar-refractivity contribution >= 4 is 11.9 Å². The van der Waals surface area contributed by atoms with Crippen molar-refractivity contribution in [2.45, 2.75) is 59.0 Å². The minimum Gasteiger partial charge on any atom is -0.377 e. The maximum absolute atomic E-state index is 12.8. The zero-order chi connectivity index (χ0) is 21.4. The van der Waals surface area contributed by atoms with Crippen LogP contribution in [0.2, 0.25) is 0 Å². The number of hydrogen-bond acceptors (Lipinski definition) is 4. The number of hydrogen-bond donors (Lipinski definition) is 2. The summed E-state index contributed by atoms with van der Waals surface area (Å²) >= 11 is 0. The number of methoxy groups -OCH3 is 1. The van der Waals surface area contributed by atoms with Crippen molar-refractivity contribution in [3.63, 3.8) is 0 Å². The van der Waals surface area contributed by atoms with Crippen LogP contribution in [0.4, 0.5) is 0 Å². The summed E-state index contributed by atoms with van der Waals surface area (Å²) in [7, 11) is 1.70. The van der Waals surface area contributed by atoms with Crippen LogP contribution in [-0.4, -0.2) is 67.9 Å². The van der Waals surface area contributed by atoms with Gasteiger partial charge in [0.1, 0.15) is 0 Å². The molecular formula is C22H36N4O3. The average molecular weight is 405 g/mol. The van der Waals surface area contributed by atoms with E-state index < -0.39 is 0 Å². The van der Waals surface area contributed by atoms with Crippen molar-refractivity contribution in [1.29, 1.82) is 0 Å². The summed E-state index contributed by atoms with van der Waals surface area (Å²) in [6.07, 6.45) is 0.132. The summed E-state index contributed by atoms with van der Waals surface area (Å²) < 4.78 is 11.2. The molecule has 2 N–H and O–H groups in total. The van der Waals surface area contributed by atoms with Crippen molar-refractivity contribution in [3.8, 4) is 0 Å². The first-order valence-corrected chi connectivity index (χ1v) is 10.3. The van der Waals surface area contributed by atoms with Crippen molar-refractivity contribution in [2.75, 3.05) is 33.3 Å². The molecule has 0 aliphatic carbocycles. The number of carbonyl (C=O) groups excluding carboxylic acids is 1. The van der Waals surface area contributed by atoms with Crippen LogP contribution in [-0.2, 0) is 16.0 Å². The van der Waals surface area contributed by atoms with Gasteiger partial charge < -0.3 is 25.0 Å². The lowest BCUT2D eigenvalue weighted by atomic mass is 10.1. The fraction of sp³-hybridized carbons (Fsp3) is 0.636. The van der Waals surface area contributed by atoms with Gasteiger partial charge in [-0.2, -0.15) is 0 Å². The molecule has 2 atom stereocenters. The number of morpholine rings is 1. The molecule has 1 fully saturated rings. The van der Waals surface area contributed by atoms with Crippen LogP contribution in [0.25, 0.3) is 0 Å². The summed E-state index contributed by atoms with van der Waals surface area (Å²) in [6, 6.07) is 7.69. The second-order valence-electron chi connectivity index (χ2n) is 8.18. The number of ether oxygens (including phenoxy) is 2. The van der Waals surface area contributed by atoms with E-state index in [9.17, 15) is 4.79 Å². The van der Waals surface area contributed by atoms with Crippen molar-refractivity contribution in [2.24, 2.45) is 4.99 Å². The summed E-state index contributed by atoms with van der Waals surface area (Å²) in [5, 5.41) is 6.55. The molecule has 7 heteroatoms. The molecular weight excluding hydrogens is 368 g/mol. The highest BCUT2D eigenvalue weighted by atomic mass is 16.5. The van der Waals surface area contributed by atoms with Crippen LogP contribution in [0.3, 0.4) is 0 Å². The minimum absolute atomic E-state index is 0.0545. The Balaban J connectivity index is 1.97. The first-order valence-electron chi connectivity index (χ1n) is 10.3. The molecule has 2 rings (SSSR count). The molecule has 0 aromatic heterocycles. The topological polar surface area (TPSA) is 75.2 Å². The van der Waals surface area contributed by atoms with E-state index in [-0.39, 0.29) is 23.7 Å². The molecule has 7 nitrogen and oxygen atoms in total. The van der Waals surface area contributed by atoms with Crippen LogP contribution in [0.5, 0.6) is 0 Å². The Labute approximate surface area is 174 Å². The van der Waals surface area contributed by atoms with Crippen LogP contribution in [0.1, 0.15) is 50.5 Å². The summed E-state index contributed by atoms with van der Waals surface area (Å²) in [4.78, 5) is 19.3. The average Bonchev–Trinajstić information content (AvgIpc) is 2.69. The van der Waals surface area contributed by atoms with E-state index >= 15 is 0 Å². The number of rotatable bonds is 7. The summed E-state index contributed by atoms with van der Waals surface area (Å²) in [5.41, 5.74) is 1.48. The maximum Gasteiger partial charge on any atom is 0.254 e. The van der Waals surface area contributed by atoms with E-state index in [1.165, 1.54) is 0 Å². The molecule has 0 spiro atoms. The van der Waals surface area contributed by atoms with Gasteiger partial charge in [0, 0.05) is 38.9 Å². The summed E-state index contributed by atoms with van der Waals surface area (Å²) in [5.74, 6) is 0.799. The first kappa shape index (κ1) is 23.2. The molecule has 162 valence electrons. The minimum atomic E-state index is -0.271. The monoisotopic (exact) mass is 404 g/mol. The van der Waals surface area contributed by atoms with Gasteiger partial charge in [-0.25, -0.2) is 4.99 Å². The van der Waals surface area contributed by atoms with Gasteiger partial charge in [0.15, 0.2) is 5.96 Å². The second-order valence-corrected chi connectivity index (χ2v) is 8.18. The standard InChI is InChI=1S/C22H36N4O3/c1-7-23-21(25-15-22(4,5)28-6)24-12-18-8-10-19(11-9-18)20(27)26-13-16(2)29-17(3)14-26/h8-11,16-17H,7,12-15H2,1-6H3,(H2,23,24,25). The van der Waals surface area contributed by atoms with Crippen molar-refractivity contribution in [1.82, 2.24) is 15.5 Å². The quantitative estimate of drug-likeness (QED) is 0.539. The van der Waals surface area contributed by atoms with Gasteiger partial charge >= 0.3 is 0 Å². The molecule has 2 unspecified atom stereocenters. The van der Waals surface area contributed by atoms with E-state index in [1.54, 1.807) is 7.11 Å². The van der Waals surface area contributed by atoms with Gasteiger partial charge in [-0.15, -0.1) is 0 Å². The first-order chi connectivity index (χ1) is 13.7. The third-order valence-corrected chi connectivity index (χ3v) is 4.91. The normalized spacial score (nSPS) is 20.5. The van der Waals surface area contributed by atoms with E-state index in [2.05, 4.69) is 15.6 Å². The molecule has 1 amide bonds. The molecule has 1 aromatic carbocycles. The Morgan fingerprint density at radius 1 is 1.21 bits per heavy atom. The maximum atomic E-state index is 12.8. The lowest BCUT2D eigenvalue weighted by Gasteiger charge is -2.35. The molecule has 29 heavy (non-hydrogen) atoms. The molecule has 0 radical (unpaired) electrons. The Kier molecular flexibility index (Phi) is 8.46. The number of nitrogens with one attached hydrogen (secondary N) is 2. The highest BCUT2D eigenvalue weighted by Crippen LogP contribution is 2.15. The molecule has 1 heterocycles. The van der Waals surface area contributed by atoms with Crippen molar-refractivity contribution < 1.29 is 14.3 Å². The number of aliphatic imine (C=N–C) groups is 1. The largest absolute Gasteiger partial charge is 0.377 e. The zero-order valence-electron chi connectivity index (χ0n) is 18.6. The van der Waals surface area contributed by atoms with Crippen LogP contribution in [0.15, 0.2) is 29.3 Å². The Bertz CT molecular complexity index is 678. The fourth-order valence-corrected chi connectivity index (χ4v) is 3.16. The van der Waals surface area contributed by atoms with E-state index in [0.717, 1.165) is 18.1 Å². The molecule has 0 saturated carbocycles. The van der Waals surface area contributed by atoms with E-state index in [0.29, 0.717) is 31.7 Å². The zero-order valence-corrected chi connectivity index (χ0v) is 18.6. The Morgan fingerprint density at radius 3 is 2.38 bits per heavy atom. The molecule has 1 aliphatic heterocycles. The lowest BCUT2D eigenvalue weighted by Crippen LogP contribution is -2.48. The number of nitrogens with zero attached hydrogens (tertiary/aromatic N) is 2. The number of guanidine groups is 1. The smallest absolute Gasteiger partial charge is 0.254 e. The third-order valence-electron chi connectivity index (χ3n) is 4.91. The highest BCUT2D eigenvalue weighted by Gasteiger charge is 2.26. The van der Waals surface area contributed by atoms with Gasteiger partial charge in [0.05, 0.1) is 24.4 Å². The lowest BCUT2D eigenvalue weighted by molar-refractivity contribution is -0.0586. The van der Waals surface area contributed by atoms with E-state index in [4.69, 9.17) is 9.47 Å². The SMILES string of the molecule is CCNC(=NCc1ccc(C(=O)N2CC(C)OC(C)C2)cc1)NCC(C)(C)OC. The molecule has 1 aliphatic rings. The molecule has 1 aromatic rings. The van der Waals surface area contributed by atoms with Gasteiger partial charge in [0.25, 0.3) is 5.91 Å². The molecule has 0 bridgehead atoms. The predicted molar refractivity (Wildman–Crippen MR) is 116 cm³/mol. The van der Waals surface area contributed by atoms with Gasteiger partial charge in [-0.1, -0.05) is 12.1 Å². The van der Waals surface area contributed by atoms with Gasteiger partial charge in [-0.3, -0.25) is 4.79 Å². The highest BCUT2D eigenvalue weighted by molar-refractivity contribution is 5.94. The van der Waals surface area contributed by atoms with Gasteiger partial charge in [0.2, 0.25) is 0 Å². The summed E-state index contributed by atoms with van der Waals surface area (Å²) in [6.45, 7) is 13.3. The number of carbonyl (C=O) groups is 1. The van der Waals surface area contributed by atoms with Crippen LogP contribution >= 0.6 is 0 Å². The van der Waals surface area contributed by atoms with E-state index in [1.807, 2.05) is 63.8 Å².